The number of aromatic nitrogens is 1. The van der Waals surface area contributed by atoms with Crippen molar-refractivity contribution >= 4 is 39.2 Å². The molecule has 2 unspecified atom stereocenters. The lowest BCUT2D eigenvalue weighted by molar-refractivity contribution is 0.0717. The molecule has 4 heterocycles. The van der Waals surface area contributed by atoms with Gasteiger partial charge in [0, 0.05) is 50.4 Å². The highest BCUT2D eigenvalue weighted by molar-refractivity contribution is 7.89. The number of benzene rings is 2. The van der Waals surface area contributed by atoms with Gasteiger partial charge >= 0.3 is 0 Å². The monoisotopic (exact) mass is 583 g/mol. The molecule has 210 valence electrons. The van der Waals surface area contributed by atoms with Gasteiger partial charge < -0.3 is 15.5 Å². The molecule has 1 aromatic heterocycles. The molecule has 0 saturated carbocycles. The number of nitrogens with two attached hydrogens (primary N) is 1. The summed E-state index contributed by atoms with van der Waals surface area (Å²) in [6.07, 6.45) is 3.18. The van der Waals surface area contributed by atoms with Crippen molar-refractivity contribution < 1.29 is 17.6 Å². The normalized spacial score (nSPS) is 22.1. The molecule has 3 aliphatic rings. The Kier molecular flexibility index (Phi) is 7.18. The van der Waals surface area contributed by atoms with Crippen LogP contribution in [0.5, 0.6) is 0 Å². The van der Waals surface area contributed by atoms with E-state index < -0.39 is 15.8 Å². The number of piperazine rings is 1. The molecule has 1 amide bonds. The van der Waals surface area contributed by atoms with Crippen LogP contribution in [0, 0.1) is 5.82 Å². The molecule has 3 saturated heterocycles. The molecule has 6 rings (SSSR count). The number of nitrogen functional groups attached to an aromatic ring is 1. The molecule has 2 atom stereocenters. The highest BCUT2D eigenvalue weighted by Gasteiger charge is 2.43. The average molecular weight is 584 g/mol. The van der Waals surface area contributed by atoms with Crippen LogP contribution in [-0.2, 0) is 10.0 Å². The van der Waals surface area contributed by atoms with Gasteiger partial charge in [-0.05, 0) is 55.4 Å². The van der Waals surface area contributed by atoms with Crippen LogP contribution in [0.2, 0.25) is 5.02 Å². The second-order valence-electron chi connectivity index (χ2n) is 10.8. The number of halogens is 2. The molecule has 2 aromatic carbocycles. The van der Waals surface area contributed by atoms with Crippen molar-refractivity contribution in [1.82, 2.24) is 14.2 Å². The van der Waals surface area contributed by atoms with Gasteiger partial charge in [0.05, 0.1) is 15.5 Å². The van der Waals surface area contributed by atoms with Crippen molar-refractivity contribution in [2.75, 3.05) is 36.8 Å². The first-order valence-corrected chi connectivity index (χ1v) is 15.4. The fraction of sp³-hybridized carbons (Fsp3) is 0.379. The Labute approximate surface area is 238 Å². The van der Waals surface area contributed by atoms with Crippen molar-refractivity contribution in [3.63, 3.8) is 0 Å². The van der Waals surface area contributed by atoms with E-state index in [1.165, 1.54) is 23.8 Å². The number of hydrogen-bond donors (Lipinski definition) is 1. The van der Waals surface area contributed by atoms with Gasteiger partial charge in [0.1, 0.15) is 17.5 Å². The summed E-state index contributed by atoms with van der Waals surface area (Å²) in [4.78, 5) is 21.7. The van der Waals surface area contributed by atoms with Gasteiger partial charge in [0.2, 0.25) is 10.0 Å². The van der Waals surface area contributed by atoms with E-state index in [1.807, 2.05) is 18.2 Å². The van der Waals surface area contributed by atoms with Crippen LogP contribution in [0.4, 0.5) is 16.0 Å². The quantitative estimate of drug-likeness (QED) is 0.474. The molecule has 0 aliphatic carbocycles. The van der Waals surface area contributed by atoms with Gasteiger partial charge in [-0.15, -0.1) is 0 Å². The number of anilines is 2. The predicted molar refractivity (Wildman–Crippen MR) is 152 cm³/mol. The average Bonchev–Trinajstić information content (AvgIpc) is 3.22. The topological polar surface area (TPSA) is 99.8 Å². The summed E-state index contributed by atoms with van der Waals surface area (Å²) >= 11 is 6.15. The predicted octanol–water partition coefficient (Wildman–Crippen LogP) is 4.52. The fourth-order valence-corrected chi connectivity index (χ4v) is 8.13. The Morgan fingerprint density at radius 2 is 1.62 bits per heavy atom. The Bertz CT molecular complexity index is 1520. The summed E-state index contributed by atoms with van der Waals surface area (Å²) in [6.45, 7) is 1.73. The molecule has 8 nitrogen and oxygen atoms in total. The maximum Gasteiger partial charge on any atom is 0.255 e. The molecule has 40 heavy (non-hydrogen) atoms. The van der Waals surface area contributed by atoms with Gasteiger partial charge in [0.15, 0.2) is 0 Å². The molecule has 3 aliphatic heterocycles. The number of likely N-dealkylation sites (tertiary alicyclic amines) is 1. The Morgan fingerprint density at radius 1 is 0.950 bits per heavy atom. The summed E-state index contributed by atoms with van der Waals surface area (Å²) in [5, 5.41) is 0.0833. The van der Waals surface area contributed by atoms with Gasteiger partial charge in [-0.3, -0.25) is 4.79 Å². The minimum Gasteiger partial charge on any atom is -0.384 e. The second kappa shape index (κ2) is 10.6. The molecule has 11 heteroatoms. The number of rotatable bonds is 5. The molecule has 3 fully saturated rings. The number of piperidine rings is 1. The molecular formula is C29H31ClFN5O3S. The van der Waals surface area contributed by atoms with E-state index in [0.717, 1.165) is 31.7 Å². The van der Waals surface area contributed by atoms with Crippen LogP contribution in [0.15, 0.2) is 65.6 Å². The minimum atomic E-state index is -3.76. The van der Waals surface area contributed by atoms with E-state index in [0.29, 0.717) is 37.9 Å². The Morgan fingerprint density at radius 3 is 2.27 bits per heavy atom. The third kappa shape index (κ3) is 5.04. The van der Waals surface area contributed by atoms with Crippen LogP contribution < -0.4 is 10.6 Å². The van der Waals surface area contributed by atoms with E-state index in [-0.39, 0.29) is 39.3 Å². The zero-order chi connectivity index (χ0) is 28.0. The summed E-state index contributed by atoms with van der Waals surface area (Å²) in [6, 6.07) is 16.9. The summed E-state index contributed by atoms with van der Waals surface area (Å²) in [7, 11) is -3.76. The molecule has 0 radical (unpaired) electrons. The Hall–Kier alpha value is -3.21. The zero-order valence-corrected chi connectivity index (χ0v) is 23.5. The van der Waals surface area contributed by atoms with Crippen LogP contribution in [0.3, 0.4) is 0 Å². The first kappa shape index (κ1) is 27.0. The highest BCUT2D eigenvalue weighted by Crippen LogP contribution is 2.37. The molecule has 0 spiro atoms. The maximum atomic E-state index is 13.7. The number of hydrogen-bond acceptors (Lipinski definition) is 6. The van der Waals surface area contributed by atoms with Crippen molar-refractivity contribution in [2.24, 2.45) is 0 Å². The van der Waals surface area contributed by atoms with E-state index in [4.69, 9.17) is 17.3 Å². The van der Waals surface area contributed by atoms with Crippen LogP contribution in [-0.4, -0.2) is 66.8 Å². The van der Waals surface area contributed by atoms with Crippen molar-refractivity contribution in [3.05, 3.63) is 82.6 Å². The SMILES string of the molecule is Nc1cc(S(=O)(=O)N2CCC(c3ccccc3)CC2)cc(N2C3CCC2CN(C(=O)c2ccc(F)cc2Cl)C3)n1. The highest BCUT2D eigenvalue weighted by atomic mass is 35.5. The lowest BCUT2D eigenvalue weighted by atomic mass is 9.90. The lowest BCUT2D eigenvalue weighted by Gasteiger charge is -2.42. The minimum absolute atomic E-state index is 0.0478. The van der Waals surface area contributed by atoms with E-state index in [9.17, 15) is 17.6 Å². The van der Waals surface area contributed by atoms with Crippen LogP contribution >= 0.6 is 11.6 Å². The van der Waals surface area contributed by atoms with Gasteiger partial charge in [0.25, 0.3) is 5.91 Å². The number of carbonyl (C=O) groups excluding carboxylic acids is 1. The fourth-order valence-electron chi connectivity index (χ4n) is 6.37. The largest absolute Gasteiger partial charge is 0.384 e. The molecule has 2 bridgehead atoms. The van der Waals surface area contributed by atoms with Gasteiger partial charge in [-0.25, -0.2) is 17.8 Å². The number of nitrogens with zero attached hydrogens (tertiary/aromatic N) is 4. The first-order valence-electron chi connectivity index (χ1n) is 13.6. The van der Waals surface area contributed by atoms with Crippen molar-refractivity contribution in [3.8, 4) is 0 Å². The zero-order valence-electron chi connectivity index (χ0n) is 21.9. The third-order valence-corrected chi connectivity index (χ3v) is 10.6. The van der Waals surface area contributed by atoms with E-state index in [2.05, 4.69) is 22.0 Å². The summed E-state index contributed by atoms with van der Waals surface area (Å²) < 4.78 is 42.4. The summed E-state index contributed by atoms with van der Waals surface area (Å²) in [5.41, 5.74) is 7.66. The summed E-state index contributed by atoms with van der Waals surface area (Å²) in [5.74, 6) is 0.253. The standard InChI is InChI=1S/C29H31ClFN5O3S/c30-26-14-21(31)6-9-25(26)29(37)34-17-22-7-8-23(18-34)36(22)28-16-24(15-27(32)33-28)40(38,39)35-12-10-20(11-13-35)19-4-2-1-3-5-19/h1-6,9,14-16,20,22-23H,7-8,10-13,17-18H2,(H2,32,33). The molecule has 3 aromatic rings. The lowest BCUT2D eigenvalue weighted by Crippen LogP contribution is -2.55. The van der Waals surface area contributed by atoms with Crippen molar-refractivity contribution in [2.45, 2.75) is 48.6 Å². The van der Waals surface area contributed by atoms with Gasteiger partial charge in [-0.2, -0.15) is 4.31 Å². The second-order valence-corrected chi connectivity index (χ2v) is 13.1. The van der Waals surface area contributed by atoms with E-state index >= 15 is 0 Å². The van der Waals surface area contributed by atoms with E-state index in [1.54, 1.807) is 15.3 Å². The van der Waals surface area contributed by atoms with Crippen LogP contribution in [0.25, 0.3) is 0 Å². The number of sulfonamides is 1. The number of pyridine rings is 1. The number of carbonyl (C=O) groups is 1. The Balaban J connectivity index is 1.19. The third-order valence-electron chi connectivity index (χ3n) is 8.36. The molecular weight excluding hydrogens is 553 g/mol. The maximum absolute atomic E-state index is 13.7. The van der Waals surface area contributed by atoms with Gasteiger partial charge in [-0.1, -0.05) is 41.9 Å². The van der Waals surface area contributed by atoms with Crippen LogP contribution in [0.1, 0.15) is 47.5 Å². The number of fused-ring (bicyclic) bond motifs is 2. The smallest absolute Gasteiger partial charge is 0.255 e. The van der Waals surface area contributed by atoms with Crippen molar-refractivity contribution in [1.29, 1.82) is 0 Å². The molecule has 2 N–H and O–H groups in total. The number of amides is 1. The first-order chi connectivity index (χ1) is 19.2.